The molecule has 1 saturated heterocycles. The Morgan fingerprint density at radius 1 is 1.24 bits per heavy atom. The summed E-state index contributed by atoms with van der Waals surface area (Å²) in [4.78, 5) is 2.50. The summed E-state index contributed by atoms with van der Waals surface area (Å²) in [6, 6.07) is 3.95. The summed E-state index contributed by atoms with van der Waals surface area (Å²) >= 11 is 9.91. The van der Waals surface area contributed by atoms with Gasteiger partial charge in [0, 0.05) is 42.8 Å². The number of phenols is 1. The lowest BCUT2D eigenvalue weighted by molar-refractivity contribution is 0.123. The van der Waals surface area contributed by atoms with Gasteiger partial charge in [0.25, 0.3) is 0 Å². The van der Waals surface area contributed by atoms with Crippen LogP contribution in [0.15, 0.2) is 16.6 Å². The lowest BCUT2D eigenvalue weighted by Crippen LogP contribution is -2.46. The second-order valence-corrected chi connectivity index (χ2v) is 7.33. The van der Waals surface area contributed by atoms with Crippen molar-refractivity contribution in [1.29, 1.82) is 0 Å². The summed E-state index contributed by atoms with van der Waals surface area (Å²) in [5.41, 5.74) is 0.917. The van der Waals surface area contributed by atoms with E-state index in [0.717, 1.165) is 36.2 Å². The van der Waals surface area contributed by atoms with Gasteiger partial charge >= 0.3 is 0 Å². The van der Waals surface area contributed by atoms with Crippen LogP contribution in [0.2, 0.25) is 5.02 Å². The molecule has 1 atom stereocenters. The Bertz CT molecular complexity index is 499. The van der Waals surface area contributed by atoms with Crippen LogP contribution >= 0.6 is 27.5 Å². The van der Waals surface area contributed by atoms with Crippen molar-refractivity contribution in [3.05, 3.63) is 27.2 Å². The van der Waals surface area contributed by atoms with E-state index in [-0.39, 0.29) is 6.04 Å². The van der Waals surface area contributed by atoms with Crippen LogP contribution < -0.4 is 5.32 Å². The Morgan fingerprint density at radius 2 is 1.90 bits per heavy atom. The maximum Gasteiger partial charge on any atom is 0.136 e. The second kappa shape index (κ2) is 6.86. The van der Waals surface area contributed by atoms with E-state index in [1.54, 1.807) is 0 Å². The van der Waals surface area contributed by atoms with Crippen molar-refractivity contribution in [3.8, 4) is 5.75 Å². The number of nitrogens with zero attached hydrogens (tertiary/aromatic N) is 1. The SMILES string of the molecule is Oc1c(Br)ccc(Cl)c1[C@H](C1CCCC1)N1CCNCC1. The number of benzene rings is 1. The van der Waals surface area contributed by atoms with Gasteiger partial charge in [-0.15, -0.1) is 0 Å². The van der Waals surface area contributed by atoms with Crippen LogP contribution in [0.4, 0.5) is 0 Å². The standard InChI is InChI=1S/C16H22BrClN2O/c17-12-5-6-13(18)14(16(12)21)15(11-3-1-2-4-11)20-9-7-19-8-10-20/h5-6,11,15,19,21H,1-4,7-10H2/t15-/m0/s1. The Hall–Kier alpha value is -0.290. The summed E-state index contributed by atoms with van der Waals surface area (Å²) in [5.74, 6) is 0.915. The molecule has 1 aliphatic heterocycles. The average Bonchev–Trinajstić information content (AvgIpc) is 3.02. The van der Waals surface area contributed by atoms with Crippen molar-refractivity contribution in [3.63, 3.8) is 0 Å². The molecule has 0 aromatic heterocycles. The number of piperazine rings is 1. The molecular weight excluding hydrogens is 352 g/mol. The van der Waals surface area contributed by atoms with Crippen molar-refractivity contribution in [2.75, 3.05) is 26.2 Å². The van der Waals surface area contributed by atoms with Crippen LogP contribution in [0, 0.1) is 5.92 Å². The van der Waals surface area contributed by atoms with Crippen molar-refractivity contribution >= 4 is 27.5 Å². The van der Waals surface area contributed by atoms with E-state index < -0.39 is 0 Å². The minimum Gasteiger partial charge on any atom is -0.506 e. The molecule has 2 aliphatic rings. The molecule has 1 aromatic carbocycles. The predicted octanol–water partition coefficient (Wildman–Crippen LogP) is 3.94. The van der Waals surface area contributed by atoms with Crippen LogP contribution in [0.25, 0.3) is 0 Å². The van der Waals surface area contributed by atoms with E-state index >= 15 is 0 Å². The molecule has 3 rings (SSSR count). The van der Waals surface area contributed by atoms with E-state index in [1.165, 1.54) is 25.7 Å². The fraction of sp³-hybridized carbons (Fsp3) is 0.625. The molecule has 0 unspecified atom stereocenters. The van der Waals surface area contributed by atoms with Crippen LogP contribution in [0.3, 0.4) is 0 Å². The van der Waals surface area contributed by atoms with Gasteiger partial charge < -0.3 is 10.4 Å². The zero-order chi connectivity index (χ0) is 14.8. The number of hydrogen-bond donors (Lipinski definition) is 2. The molecular formula is C16H22BrClN2O. The van der Waals surface area contributed by atoms with Crippen LogP contribution in [-0.2, 0) is 0 Å². The molecule has 2 fully saturated rings. The summed E-state index contributed by atoms with van der Waals surface area (Å²) in [7, 11) is 0. The summed E-state index contributed by atoms with van der Waals surface area (Å²) in [6.07, 6.45) is 5.05. The number of aromatic hydroxyl groups is 1. The molecule has 5 heteroatoms. The molecule has 21 heavy (non-hydrogen) atoms. The molecule has 3 nitrogen and oxygen atoms in total. The molecule has 0 spiro atoms. The quantitative estimate of drug-likeness (QED) is 0.842. The van der Waals surface area contributed by atoms with E-state index in [2.05, 4.69) is 26.1 Å². The lowest BCUT2D eigenvalue weighted by Gasteiger charge is -2.39. The second-order valence-electron chi connectivity index (χ2n) is 6.07. The van der Waals surface area contributed by atoms with Gasteiger partial charge in [-0.05, 0) is 46.8 Å². The van der Waals surface area contributed by atoms with Gasteiger partial charge in [-0.3, -0.25) is 4.90 Å². The fourth-order valence-corrected chi connectivity index (χ4v) is 4.40. The third-order valence-corrected chi connectivity index (χ3v) is 5.77. The predicted molar refractivity (Wildman–Crippen MR) is 90.0 cm³/mol. The van der Waals surface area contributed by atoms with E-state index in [0.29, 0.717) is 16.7 Å². The van der Waals surface area contributed by atoms with E-state index in [1.807, 2.05) is 12.1 Å². The van der Waals surface area contributed by atoms with Gasteiger partial charge in [-0.2, -0.15) is 0 Å². The number of nitrogens with one attached hydrogen (secondary N) is 1. The molecule has 2 N–H and O–H groups in total. The zero-order valence-electron chi connectivity index (χ0n) is 12.1. The van der Waals surface area contributed by atoms with Crippen LogP contribution in [0.1, 0.15) is 37.3 Å². The Balaban J connectivity index is 1.99. The minimum absolute atomic E-state index is 0.236. The monoisotopic (exact) mass is 372 g/mol. The highest BCUT2D eigenvalue weighted by molar-refractivity contribution is 9.10. The maximum absolute atomic E-state index is 10.6. The lowest BCUT2D eigenvalue weighted by atomic mass is 9.89. The fourth-order valence-electron chi connectivity index (χ4n) is 3.79. The third-order valence-electron chi connectivity index (χ3n) is 4.80. The van der Waals surface area contributed by atoms with Gasteiger partial charge in [-0.1, -0.05) is 24.4 Å². The van der Waals surface area contributed by atoms with Crippen molar-refractivity contribution in [2.45, 2.75) is 31.7 Å². The molecule has 0 radical (unpaired) electrons. The normalized spacial score (nSPS) is 22.6. The van der Waals surface area contributed by atoms with Crippen LogP contribution in [0.5, 0.6) is 5.75 Å². The van der Waals surface area contributed by atoms with E-state index in [4.69, 9.17) is 11.6 Å². The van der Waals surface area contributed by atoms with Crippen molar-refractivity contribution < 1.29 is 5.11 Å². The zero-order valence-corrected chi connectivity index (χ0v) is 14.5. The van der Waals surface area contributed by atoms with Crippen LogP contribution in [-0.4, -0.2) is 36.2 Å². The largest absolute Gasteiger partial charge is 0.506 e. The number of halogens is 2. The summed E-state index contributed by atoms with van der Waals surface area (Å²) in [6.45, 7) is 4.05. The van der Waals surface area contributed by atoms with Crippen molar-refractivity contribution in [2.24, 2.45) is 5.92 Å². The van der Waals surface area contributed by atoms with E-state index in [9.17, 15) is 5.11 Å². The van der Waals surface area contributed by atoms with Gasteiger partial charge in [0.1, 0.15) is 5.75 Å². The van der Waals surface area contributed by atoms with Gasteiger partial charge in [0.15, 0.2) is 0 Å². The average molecular weight is 374 g/mol. The summed E-state index contributed by atoms with van der Waals surface area (Å²) < 4.78 is 0.736. The topological polar surface area (TPSA) is 35.5 Å². The smallest absolute Gasteiger partial charge is 0.136 e. The molecule has 1 saturated carbocycles. The first kappa shape index (κ1) is 15.6. The first-order chi connectivity index (χ1) is 10.2. The molecule has 1 aromatic rings. The summed E-state index contributed by atoms with van der Waals surface area (Å²) in [5, 5.41) is 14.7. The van der Waals surface area contributed by atoms with Gasteiger partial charge in [0.2, 0.25) is 0 Å². The molecule has 0 amide bonds. The molecule has 1 aliphatic carbocycles. The highest BCUT2D eigenvalue weighted by Gasteiger charge is 2.35. The van der Waals surface area contributed by atoms with Gasteiger partial charge in [0.05, 0.1) is 4.47 Å². The highest BCUT2D eigenvalue weighted by atomic mass is 79.9. The molecule has 116 valence electrons. The first-order valence-electron chi connectivity index (χ1n) is 7.80. The Labute approximate surface area is 139 Å². The number of hydrogen-bond acceptors (Lipinski definition) is 3. The van der Waals surface area contributed by atoms with Gasteiger partial charge in [-0.25, -0.2) is 0 Å². The number of rotatable bonds is 3. The molecule has 1 heterocycles. The Morgan fingerprint density at radius 3 is 2.57 bits per heavy atom. The third kappa shape index (κ3) is 3.24. The highest BCUT2D eigenvalue weighted by Crippen LogP contribution is 2.47. The van der Waals surface area contributed by atoms with Crippen molar-refractivity contribution in [1.82, 2.24) is 10.2 Å². The number of phenolic OH excluding ortho intramolecular Hbond substituents is 1. The Kier molecular flexibility index (Phi) is 5.10. The minimum atomic E-state index is 0.236. The maximum atomic E-state index is 10.6. The first-order valence-corrected chi connectivity index (χ1v) is 8.97. The molecule has 0 bridgehead atoms.